The summed E-state index contributed by atoms with van der Waals surface area (Å²) in [5.41, 5.74) is -0.913. The van der Waals surface area contributed by atoms with E-state index in [0.717, 1.165) is 25.4 Å². The minimum Gasteiger partial charge on any atom is -0.444 e. The van der Waals surface area contributed by atoms with Crippen LogP contribution in [-0.2, 0) is 19.1 Å². The van der Waals surface area contributed by atoms with Gasteiger partial charge in [0.1, 0.15) is 23.8 Å². The van der Waals surface area contributed by atoms with Gasteiger partial charge < -0.3 is 28.9 Å². The molecule has 2 amide bonds. The lowest BCUT2D eigenvalue weighted by Crippen LogP contribution is -2.45. The van der Waals surface area contributed by atoms with E-state index in [4.69, 9.17) is 9.47 Å². The average molecular weight is 455 g/mol. The summed E-state index contributed by atoms with van der Waals surface area (Å²) >= 11 is 0. The highest BCUT2D eigenvalue weighted by Crippen LogP contribution is 2.24. The molecule has 0 saturated carbocycles. The molecule has 0 aliphatic carbocycles. The number of carbonyl (C=O) groups is 4. The van der Waals surface area contributed by atoms with Crippen molar-refractivity contribution in [3.8, 4) is 0 Å². The molecule has 0 N–H and O–H groups in total. The molecular formula is C24H42N2O6. The zero-order valence-corrected chi connectivity index (χ0v) is 21.1. The number of amides is 2. The normalized spacial score (nSPS) is 26.4. The van der Waals surface area contributed by atoms with Crippen molar-refractivity contribution in [2.75, 3.05) is 26.2 Å². The molecule has 0 aromatic rings. The number of hydrogen-bond acceptors (Lipinski definition) is 6. The smallest absolute Gasteiger partial charge is 0.410 e. The van der Waals surface area contributed by atoms with Gasteiger partial charge in [-0.25, -0.2) is 9.59 Å². The first-order chi connectivity index (χ1) is 14.7. The van der Waals surface area contributed by atoms with E-state index in [0.29, 0.717) is 26.2 Å². The molecule has 8 heteroatoms. The maximum Gasteiger partial charge on any atom is 0.410 e. The van der Waals surface area contributed by atoms with Crippen molar-refractivity contribution in [1.82, 2.24) is 9.80 Å². The Kier molecular flexibility index (Phi) is 10.2. The summed E-state index contributed by atoms with van der Waals surface area (Å²) in [6.45, 7) is 17.6. The van der Waals surface area contributed by atoms with Crippen molar-refractivity contribution in [3.63, 3.8) is 0 Å². The van der Waals surface area contributed by atoms with Crippen molar-refractivity contribution in [2.45, 2.75) is 79.4 Å². The van der Waals surface area contributed by atoms with E-state index in [-0.39, 0.29) is 35.9 Å². The summed E-state index contributed by atoms with van der Waals surface area (Å²) in [6.07, 6.45) is 2.93. The predicted octanol–water partition coefficient (Wildman–Crippen LogP) is 4.16. The van der Waals surface area contributed by atoms with Crippen LogP contribution in [0.5, 0.6) is 0 Å². The highest BCUT2D eigenvalue weighted by Gasteiger charge is 2.32. The molecule has 2 aliphatic heterocycles. The topological polar surface area (TPSA) is 93.2 Å². The van der Waals surface area contributed by atoms with Crippen molar-refractivity contribution in [1.29, 1.82) is 0 Å². The Bertz CT molecular complexity index is 596. The molecule has 2 rings (SSSR count). The Balaban J connectivity index is 0.000000320. The van der Waals surface area contributed by atoms with Gasteiger partial charge in [0, 0.05) is 38.0 Å². The van der Waals surface area contributed by atoms with Crippen molar-refractivity contribution in [3.05, 3.63) is 0 Å². The molecule has 2 heterocycles. The first-order valence-electron chi connectivity index (χ1n) is 11.5. The first-order valence-corrected chi connectivity index (χ1v) is 11.5. The summed E-state index contributed by atoms with van der Waals surface area (Å²) in [7, 11) is 0. The maximum atomic E-state index is 11.8. The molecule has 0 spiro atoms. The Labute approximate surface area is 193 Å². The fourth-order valence-corrected chi connectivity index (χ4v) is 3.72. The van der Waals surface area contributed by atoms with Crippen molar-refractivity contribution in [2.24, 2.45) is 23.7 Å². The van der Waals surface area contributed by atoms with Gasteiger partial charge in [0.15, 0.2) is 0 Å². The average Bonchev–Trinajstić information content (AvgIpc) is 2.65. The molecule has 184 valence electrons. The predicted molar refractivity (Wildman–Crippen MR) is 122 cm³/mol. The van der Waals surface area contributed by atoms with Crippen molar-refractivity contribution >= 4 is 24.8 Å². The Morgan fingerprint density at radius 2 is 1.03 bits per heavy atom. The van der Waals surface area contributed by atoms with Crippen LogP contribution < -0.4 is 0 Å². The molecule has 32 heavy (non-hydrogen) atoms. The van der Waals surface area contributed by atoms with Gasteiger partial charge in [-0.15, -0.1) is 0 Å². The molecule has 2 saturated heterocycles. The molecule has 2 fully saturated rings. The summed E-state index contributed by atoms with van der Waals surface area (Å²) in [6, 6.07) is 0. The SMILES string of the molecule is C[C@@H]1CN(C(=O)OC(C)(C)C)CC[C@@H]1C=O.C[C@H]1CN(C(=O)OC(C)(C)C)CC[C@H]1C=O. The lowest BCUT2D eigenvalue weighted by atomic mass is 9.88. The van der Waals surface area contributed by atoms with E-state index in [2.05, 4.69) is 0 Å². The van der Waals surface area contributed by atoms with E-state index in [1.165, 1.54) is 0 Å². The van der Waals surface area contributed by atoms with Gasteiger partial charge in [-0.3, -0.25) is 0 Å². The third-order valence-corrected chi connectivity index (χ3v) is 5.60. The fraction of sp³-hybridized carbons (Fsp3) is 0.833. The molecule has 0 unspecified atom stereocenters. The standard InChI is InChI=1S/2C12H21NO3/c2*1-9-7-13(6-5-10(9)8-14)11(15)16-12(2,3)4/h2*8-10H,5-7H2,1-4H3/t2*9-,10-/m10/s1. The third kappa shape index (κ3) is 9.57. The molecule has 4 atom stereocenters. The van der Waals surface area contributed by atoms with Crippen LogP contribution in [-0.4, -0.2) is 71.9 Å². The molecule has 8 nitrogen and oxygen atoms in total. The number of ether oxygens (including phenoxy) is 2. The largest absolute Gasteiger partial charge is 0.444 e. The zero-order valence-electron chi connectivity index (χ0n) is 21.1. The van der Waals surface area contributed by atoms with E-state index in [1.807, 2.05) is 55.4 Å². The van der Waals surface area contributed by atoms with Crippen LogP contribution in [0.15, 0.2) is 0 Å². The number of aldehydes is 2. The molecule has 0 radical (unpaired) electrons. The highest BCUT2D eigenvalue weighted by molar-refractivity contribution is 5.69. The van der Waals surface area contributed by atoms with Crippen LogP contribution in [0, 0.1) is 23.7 Å². The number of rotatable bonds is 2. The molecule has 0 bridgehead atoms. The van der Waals surface area contributed by atoms with Gasteiger partial charge in [-0.2, -0.15) is 0 Å². The summed E-state index contributed by atoms with van der Waals surface area (Å²) in [5, 5.41) is 0. The van der Waals surface area contributed by atoms with Gasteiger partial charge in [0.25, 0.3) is 0 Å². The second-order valence-corrected chi connectivity index (χ2v) is 11.0. The van der Waals surface area contributed by atoms with E-state index in [1.54, 1.807) is 9.80 Å². The summed E-state index contributed by atoms with van der Waals surface area (Å²) < 4.78 is 10.6. The highest BCUT2D eigenvalue weighted by atomic mass is 16.6. The summed E-state index contributed by atoms with van der Waals surface area (Å²) in [4.78, 5) is 48.4. The van der Waals surface area contributed by atoms with Crippen molar-refractivity contribution < 1.29 is 28.7 Å². The quantitative estimate of drug-likeness (QED) is 0.582. The Morgan fingerprint density at radius 1 is 0.719 bits per heavy atom. The van der Waals surface area contributed by atoms with E-state index < -0.39 is 11.2 Å². The minimum atomic E-state index is -0.457. The van der Waals surface area contributed by atoms with Crippen LogP contribution in [0.1, 0.15) is 68.2 Å². The molecular weight excluding hydrogens is 412 g/mol. The van der Waals surface area contributed by atoms with Gasteiger partial charge in [0.2, 0.25) is 0 Å². The zero-order chi connectivity index (χ0) is 24.7. The van der Waals surface area contributed by atoms with Crippen LogP contribution in [0.25, 0.3) is 0 Å². The van der Waals surface area contributed by atoms with Gasteiger partial charge in [0.05, 0.1) is 0 Å². The lowest BCUT2D eigenvalue weighted by molar-refractivity contribution is -0.114. The Morgan fingerprint density at radius 3 is 1.25 bits per heavy atom. The maximum absolute atomic E-state index is 11.8. The second-order valence-electron chi connectivity index (χ2n) is 11.0. The fourth-order valence-electron chi connectivity index (χ4n) is 3.72. The molecule has 0 aromatic carbocycles. The number of nitrogens with zero attached hydrogens (tertiary/aromatic N) is 2. The monoisotopic (exact) mass is 454 g/mol. The van der Waals surface area contributed by atoms with Gasteiger partial charge in [-0.05, 0) is 66.2 Å². The molecule has 0 aromatic heterocycles. The number of likely N-dealkylation sites (tertiary alicyclic amines) is 2. The Hall–Kier alpha value is -2.12. The lowest BCUT2D eigenvalue weighted by Gasteiger charge is -2.35. The van der Waals surface area contributed by atoms with Gasteiger partial charge in [-0.1, -0.05) is 13.8 Å². The van der Waals surface area contributed by atoms with Crippen LogP contribution >= 0.6 is 0 Å². The third-order valence-electron chi connectivity index (χ3n) is 5.60. The number of piperidine rings is 2. The van der Waals surface area contributed by atoms with E-state index in [9.17, 15) is 19.2 Å². The minimum absolute atomic E-state index is 0.0821. The van der Waals surface area contributed by atoms with Crippen LogP contribution in [0.4, 0.5) is 9.59 Å². The molecule has 2 aliphatic rings. The van der Waals surface area contributed by atoms with E-state index >= 15 is 0 Å². The van der Waals surface area contributed by atoms with Crippen LogP contribution in [0.3, 0.4) is 0 Å². The second kappa shape index (κ2) is 11.7. The van der Waals surface area contributed by atoms with Gasteiger partial charge >= 0.3 is 12.2 Å². The van der Waals surface area contributed by atoms with Crippen LogP contribution in [0.2, 0.25) is 0 Å². The number of carbonyl (C=O) groups excluding carboxylic acids is 4. The number of hydrogen-bond donors (Lipinski definition) is 0. The first kappa shape index (κ1) is 27.9. The summed E-state index contributed by atoms with van der Waals surface area (Å²) in [5.74, 6) is 0.606.